The van der Waals surface area contributed by atoms with Crippen LogP contribution in [0.1, 0.15) is 10.6 Å². The van der Waals surface area contributed by atoms with Crippen molar-refractivity contribution in [1.29, 1.82) is 0 Å². The van der Waals surface area contributed by atoms with E-state index in [1.807, 2.05) is 17.7 Å². The Hall–Kier alpha value is -2.52. The third-order valence-electron chi connectivity index (χ3n) is 5.04. The second-order valence-corrected chi connectivity index (χ2v) is 8.60. The van der Waals surface area contributed by atoms with Crippen molar-refractivity contribution in [3.8, 4) is 5.69 Å². The van der Waals surface area contributed by atoms with Gasteiger partial charge in [0.05, 0.1) is 53.2 Å². The van der Waals surface area contributed by atoms with Crippen LogP contribution in [0.2, 0.25) is 5.02 Å². The maximum absolute atomic E-state index is 14.2. The van der Waals surface area contributed by atoms with Crippen LogP contribution in [0.5, 0.6) is 0 Å². The molecule has 3 aromatic heterocycles. The zero-order valence-electron chi connectivity index (χ0n) is 16.2. The van der Waals surface area contributed by atoms with Crippen LogP contribution in [0.25, 0.3) is 16.7 Å². The fourth-order valence-electron chi connectivity index (χ4n) is 3.29. The second-order valence-electron chi connectivity index (χ2n) is 7.20. The molecule has 1 fully saturated rings. The molecule has 6 nitrogen and oxygen atoms in total. The predicted octanol–water partition coefficient (Wildman–Crippen LogP) is 4.81. The Kier molecular flexibility index (Phi) is 5.16. The van der Waals surface area contributed by atoms with Gasteiger partial charge in [-0.2, -0.15) is 5.10 Å². The van der Waals surface area contributed by atoms with Gasteiger partial charge < -0.3 is 15.4 Å². The lowest BCUT2D eigenvalue weighted by atomic mass is 10.2. The van der Waals surface area contributed by atoms with Crippen LogP contribution in [0, 0.1) is 12.7 Å². The molecule has 0 amide bonds. The normalized spacial score (nSPS) is 14.2. The number of nitrogens with one attached hydrogen (secondary N) is 2. The molecule has 0 unspecified atom stereocenters. The van der Waals surface area contributed by atoms with Crippen LogP contribution < -0.4 is 10.6 Å². The second kappa shape index (κ2) is 7.96. The van der Waals surface area contributed by atoms with Gasteiger partial charge >= 0.3 is 0 Å². The molecule has 9 heteroatoms. The summed E-state index contributed by atoms with van der Waals surface area (Å²) in [7, 11) is 0. The van der Waals surface area contributed by atoms with E-state index in [2.05, 4.69) is 27.2 Å². The summed E-state index contributed by atoms with van der Waals surface area (Å²) in [4.78, 5) is 5.94. The number of pyridine rings is 1. The first-order chi connectivity index (χ1) is 14.6. The molecule has 0 saturated carbocycles. The van der Waals surface area contributed by atoms with E-state index in [-0.39, 0.29) is 5.69 Å². The highest BCUT2D eigenvalue weighted by molar-refractivity contribution is 7.10. The minimum absolute atomic E-state index is 0.239. The molecule has 2 N–H and O–H groups in total. The van der Waals surface area contributed by atoms with Gasteiger partial charge in [0.2, 0.25) is 0 Å². The molecule has 4 aromatic rings. The van der Waals surface area contributed by atoms with Gasteiger partial charge in [0.15, 0.2) is 5.65 Å². The SMILES string of the molecule is Cc1nc2c(cnn2-c2csc(CNC3COC3)c2)cc1Nc1c(F)cccc1Cl. The Morgan fingerprint density at radius 1 is 1.33 bits per heavy atom. The van der Waals surface area contributed by atoms with Crippen molar-refractivity contribution in [2.45, 2.75) is 19.5 Å². The Labute approximate surface area is 181 Å². The highest BCUT2D eigenvalue weighted by atomic mass is 35.5. The van der Waals surface area contributed by atoms with E-state index in [4.69, 9.17) is 21.3 Å². The van der Waals surface area contributed by atoms with Gasteiger partial charge in [-0.25, -0.2) is 14.1 Å². The van der Waals surface area contributed by atoms with Crippen LogP contribution in [-0.2, 0) is 11.3 Å². The van der Waals surface area contributed by atoms with Gasteiger partial charge in [0.1, 0.15) is 5.82 Å². The van der Waals surface area contributed by atoms with Crippen LogP contribution in [0.3, 0.4) is 0 Å². The molecule has 154 valence electrons. The van der Waals surface area contributed by atoms with Crippen LogP contribution >= 0.6 is 22.9 Å². The van der Waals surface area contributed by atoms with E-state index in [1.54, 1.807) is 29.7 Å². The average Bonchev–Trinajstić information content (AvgIpc) is 3.30. The Balaban J connectivity index is 1.42. The summed E-state index contributed by atoms with van der Waals surface area (Å²) in [5.41, 5.74) is 3.38. The quantitative estimate of drug-likeness (QED) is 0.447. The monoisotopic (exact) mass is 443 g/mol. The Morgan fingerprint density at radius 2 is 2.20 bits per heavy atom. The molecular weight excluding hydrogens is 425 g/mol. The van der Waals surface area contributed by atoms with E-state index in [0.717, 1.165) is 42.2 Å². The minimum atomic E-state index is -0.412. The van der Waals surface area contributed by atoms with E-state index in [9.17, 15) is 4.39 Å². The van der Waals surface area contributed by atoms with Gasteiger partial charge in [-0.3, -0.25) is 0 Å². The van der Waals surface area contributed by atoms with Gasteiger partial charge in [-0.05, 0) is 31.2 Å². The lowest BCUT2D eigenvalue weighted by Crippen LogP contribution is -2.45. The number of hydrogen-bond donors (Lipinski definition) is 2. The molecule has 0 radical (unpaired) electrons. The highest BCUT2D eigenvalue weighted by Gasteiger charge is 2.18. The van der Waals surface area contributed by atoms with Gasteiger partial charge in [-0.15, -0.1) is 11.3 Å². The highest BCUT2D eigenvalue weighted by Crippen LogP contribution is 2.31. The maximum Gasteiger partial charge on any atom is 0.163 e. The van der Waals surface area contributed by atoms with Gasteiger partial charge in [0, 0.05) is 22.2 Å². The first-order valence-corrected chi connectivity index (χ1v) is 10.8. The number of ether oxygens (including phenoxy) is 1. The molecule has 1 saturated heterocycles. The zero-order valence-corrected chi connectivity index (χ0v) is 17.7. The molecular formula is C21H19ClFN5OS. The van der Waals surface area contributed by atoms with Crippen molar-refractivity contribution in [1.82, 2.24) is 20.1 Å². The molecule has 0 spiro atoms. The van der Waals surface area contributed by atoms with Crippen molar-refractivity contribution in [3.05, 3.63) is 63.3 Å². The van der Waals surface area contributed by atoms with E-state index < -0.39 is 5.82 Å². The molecule has 0 aliphatic carbocycles. The number of para-hydroxylation sites is 1. The van der Waals surface area contributed by atoms with Gasteiger partial charge in [0.25, 0.3) is 0 Å². The summed E-state index contributed by atoms with van der Waals surface area (Å²) in [6.07, 6.45) is 1.76. The zero-order chi connectivity index (χ0) is 20.7. The van der Waals surface area contributed by atoms with Gasteiger partial charge in [-0.1, -0.05) is 17.7 Å². The topological polar surface area (TPSA) is 64.0 Å². The largest absolute Gasteiger partial charge is 0.378 e. The fraction of sp³-hybridized carbons (Fsp3) is 0.238. The van der Waals surface area contributed by atoms with Crippen molar-refractivity contribution >= 4 is 45.3 Å². The summed E-state index contributed by atoms with van der Waals surface area (Å²) in [5, 5.41) is 14.3. The number of aryl methyl sites for hydroxylation is 1. The summed E-state index contributed by atoms with van der Waals surface area (Å²) < 4.78 is 21.2. The smallest absolute Gasteiger partial charge is 0.163 e. The minimum Gasteiger partial charge on any atom is -0.378 e. The molecule has 0 atom stereocenters. The van der Waals surface area contributed by atoms with E-state index in [1.165, 1.54) is 10.9 Å². The summed E-state index contributed by atoms with van der Waals surface area (Å²) in [6, 6.07) is 9.06. The van der Waals surface area contributed by atoms with Crippen molar-refractivity contribution in [3.63, 3.8) is 0 Å². The summed E-state index contributed by atoms with van der Waals surface area (Å²) in [6.45, 7) is 4.23. The molecule has 1 aliphatic rings. The maximum atomic E-state index is 14.2. The number of anilines is 2. The molecule has 4 heterocycles. The van der Waals surface area contributed by atoms with Crippen LogP contribution in [0.15, 0.2) is 41.9 Å². The number of fused-ring (bicyclic) bond motifs is 1. The van der Waals surface area contributed by atoms with Crippen LogP contribution in [-0.4, -0.2) is 34.0 Å². The molecule has 30 heavy (non-hydrogen) atoms. The first-order valence-electron chi connectivity index (χ1n) is 9.54. The lowest BCUT2D eigenvalue weighted by Gasteiger charge is -2.26. The number of nitrogens with zero attached hydrogens (tertiary/aromatic N) is 3. The van der Waals surface area contributed by atoms with E-state index in [0.29, 0.717) is 16.8 Å². The van der Waals surface area contributed by atoms with Crippen LogP contribution in [0.4, 0.5) is 15.8 Å². The molecule has 1 aliphatic heterocycles. The fourth-order valence-corrected chi connectivity index (χ4v) is 4.29. The first kappa shape index (κ1) is 19.4. The van der Waals surface area contributed by atoms with Crippen molar-refractivity contribution in [2.24, 2.45) is 0 Å². The number of thiophene rings is 1. The number of rotatable bonds is 6. The van der Waals surface area contributed by atoms with Crippen molar-refractivity contribution < 1.29 is 9.13 Å². The number of benzene rings is 1. The summed E-state index contributed by atoms with van der Waals surface area (Å²) in [5.74, 6) is -0.412. The predicted molar refractivity (Wildman–Crippen MR) is 118 cm³/mol. The van der Waals surface area contributed by atoms with E-state index >= 15 is 0 Å². The number of halogens is 2. The number of hydrogen-bond acceptors (Lipinski definition) is 6. The third-order valence-corrected chi connectivity index (χ3v) is 6.28. The molecule has 1 aromatic carbocycles. The average molecular weight is 444 g/mol. The number of aromatic nitrogens is 3. The standard InChI is InChI=1S/C21H19ClFN5OS/c1-12-19(27-20-17(22)3-2-4-18(20)23)5-13-7-25-28(21(13)26-12)15-6-16(30-11-15)8-24-14-9-29-10-14/h2-7,11,14,24,27H,8-10H2,1H3. The Bertz CT molecular complexity index is 1200. The molecule has 5 rings (SSSR count). The lowest BCUT2D eigenvalue weighted by molar-refractivity contribution is -0.00567. The Morgan fingerprint density at radius 3 is 2.97 bits per heavy atom. The van der Waals surface area contributed by atoms with Crippen molar-refractivity contribution in [2.75, 3.05) is 18.5 Å². The third kappa shape index (κ3) is 3.67. The molecule has 0 bridgehead atoms. The summed E-state index contributed by atoms with van der Waals surface area (Å²) >= 11 is 7.83.